The second-order valence-corrected chi connectivity index (χ2v) is 7.01. The molecule has 0 atom stereocenters. The number of carbonyl (C=O) groups excluding carboxylic acids is 2. The molecular weight excluding hydrogens is 472 g/mol. The first kappa shape index (κ1) is 22.5. The van der Waals surface area contributed by atoms with Gasteiger partial charge in [0.2, 0.25) is 11.5 Å². The summed E-state index contributed by atoms with van der Waals surface area (Å²) in [5, 5.41) is 0.449. The Kier molecular flexibility index (Phi) is 6.74. The van der Waals surface area contributed by atoms with Crippen molar-refractivity contribution in [2.45, 2.75) is 13.8 Å². The van der Waals surface area contributed by atoms with Gasteiger partial charge in [-0.3, -0.25) is 9.59 Å². The fourth-order valence-electron chi connectivity index (χ4n) is 3.17. The van der Waals surface area contributed by atoms with Crippen molar-refractivity contribution in [2.75, 3.05) is 27.9 Å². The molecule has 0 amide bonds. The van der Waals surface area contributed by atoms with Gasteiger partial charge in [-0.2, -0.15) is 0 Å². The van der Waals surface area contributed by atoms with E-state index >= 15 is 0 Å². The zero-order valence-corrected chi connectivity index (χ0v) is 19.2. The van der Waals surface area contributed by atoms with Crippen LogP contribution in [0.25, 0.3) is 11.0 Å². The minimum Gasteiger partial charge on any atom is -0.493 e. The summed E-state index contributed by atoms with van der Waals surface area (Å²) in [5.41, 5.74) is 0.755. The fraction of sp³-hybridized carbons (Fsp3) is 0.273. The van der Waals surface area contributed by atoms with Crippen molar-refractivity contribution >= 4 is 38.7 Å². The van der Waals surface area contributed by atoms with Gasteiger partial charge >= 0.3 is 5.97 Å². The van der Waals surface area contributed by atoms with E-state index in [9.17, 15) is 9.59 Å². The first-order valence-corrected chi connectivity index (χ1v) is 10.1. The van der Waals surface area contributed by atoms with Crippen LogP contribution in [0.2, 0.25) is 0 Å². The Balaban J connectivity index is 2.20. The predicted octanol–water partition coefficient (Wildman–Crippen LogP) is 4.78. The molecule has 0 aliphatic carbocycles. The molecule has 0 aliphatic rings. The Labute approximate surface area is 187 Å². The van der Waals surface area contributed by atoms with Crippen molar-refractivity contribution in [1.29, 1.82) is 0 Å². The van der Waals surface area contributed by atoms with E-state index in [1.807, 2.05) is 0 Å². The van der Waals surface area contributed by atoms with Gasteiger partial charge in [-0.1, -0.05) is 0 Å². The van der Waals surface area contributed by atoms with Gasteiger partial charge < -0.3 is 28.1 Å². The lowest BCUT2D eigenvalue weighted by atomic mass is 10.0. The number of ketones is 1. The molecule has 9 heteroatoms. The number of rotatable bonds is 8. The summed E-state index contributed by atoms with van der Waals surface area (Å²) in [6, 6.07) is 6.40. The summed E-state index contributed by atoms with van der Waals surface area (Å²) in [6.45, 7) is 3.44. The Morgan fingerprint density at radius 3 is 2.13 bits per heavy atom. The zero-order valence-electron chi connectivity index (χ0n) is 17.7. The highest BCUT2D eigenvalue weighted by molar-refractivity contribution is 9.10. The summed E-state index contributed by atoms with van der Waals surface area (Å²) in [6.07, 6.45) is 0. The summed E-state index contributed by atoms with van der Waals surface area (Å²) >= 11 is 3.31. The van der Waals surface area contributed by atoms with Gasteiger partial charge in [0, 0.05) is 17.9 Å². The van der Waals surface area contributed by atoms with Crippen LogP contribution in [0.3, 0.4) is 0 Å². The van der Waals surface area contributed by atoms with Crippen molar-refractivity contribution in [3.05, 3.63) is 40.1 Å². The van der Waals surface area contributed by atoms with E-state index in [1.54, 1.807) is 31.2 Å². The quantitative estimate of drug-likeness (QED) is 0.252. The van der Waals surface area contributed by atoms with Crippen LogP contribution in [0.5, 0.6) is 28.7 Å². The van der Waals surface area contributed by atoms with Crippen molar-refractivity contribution in [3.8, 4) is 28.7 Å². The van der Waals surface area contributed by atoms with Gasteiger partial charge in [0.1, 0.15) is 0 Å². The maximum atomic E-state index is 13.4. The third-order valence-electron chi connectivity index (χ3n) is 4.43. The Morgan fingerprint density at radius 2 is 1.61 bits per heavy atom. The van der Waals surface area contributed by atoms with E-state index in [2.05, 4.69) is 15.9 Å². The lowest BCUT2D eigenvalue weighted by molar-refractivity contribution is -0.131. The first-order valence-electron chi connectivity index (χ1n) is 9.27. The molecule has 0 aliphatic heterocycles. The minimum absolute atomic E-state index is 0.108. The number of carbonyl (C=O) groups is 2. The van der Waals surface area contributed by atoms with Crippen LogP contribution in [0.1, 0.15) is 29.8 Å². The number of halogens is 1. The number of benzene rings is 2. The average Bonchev–Trinajstić information content (AvgIpc) is 3.09. The molecular formula is C22H21BrO8. The maximum absolute atomic E-state index is 13.4. The summed E-state index contributed by atoms with van der Waals surface area (Å²) in [5.74, 6) is 0.592. The highest BCUT2D eigenvalue weighted by Gasteiger charge is 2.27. The molecule has 0 saturated carbocycles. The van der Waals surface area contributed by atoms with E-state index in [-0.39, 0.29) is 27.3 Å². The van der Waals surface area contributed by atoms with Crippen LogP contribution in [-0.2, 0) is 4.79 Å². The van der Waals surface area contributed by atoms with E-state index in [4.69, 9.17) is 28.1 Å². The second kappa shape index (κ2) is 9.30. The van der Waals surface area contributed by atoms with Crippen LogP contribution in [-0.4, -0.2) is 39.7 Å². The highest BCUT2D eigenvalue weighted by Crippen LogP contribution is 2.44. The minimum atomic E-state index is -0.543. The Hall–Kier alpha value is -3.20. The molecule has 0 fully saturated rings. The van der Waals surface area contributed by atoms with Crippen LogP contribution in [0.4, 0.5) is 0 Å². The molecule has 0 unspecified atom stereocenters. The predicted molar refractivity (Wildman–Crippen MR) is 116 cm³/mol. The topological polar surface area (TPSA) is 93.4 Å². The Bertz CT molecular complexity index is 1120. The van der Waals surface area contributed by atoms with Crippen molar-refractivity contribution in [1.82, 2.24) is 0 Å². The number of hydrogen-bond donors (Lipinski definition) is 0. The lowest BCUT2D eigenvalue weighted by Crippen LogP contribution is -2.05. The van der Waals surface area contributed by atoms with Gasteiger partial charge in [0.25, 0.3) is 0 Å². The van der Waals surface area contributed by atoms with Gasteiger partial charge in [0.15, 0.2) is 33.3 Å². The molecule has 1 heterocycles. The largest absolute Gasteiger partial charge is 0.493 e. The number of hydrogen-bond acceptors (Lipinski definition) is 8. The number of ether oxygens (including phenoxy) is 5. The Morgan fingerprint density at radius 1 is 0.968 bits per heavy atom. The summed E-state index contributed by atoms with van der Waals surface area (Å²) in [4.78, 5) is 25.1. The molecule has 0 bridgehead atoms. The SMILES string of the molecule is CCOc1ccc2c(C(=O)c3cc(OC)c(OC)c(OC)c3)c(Br)oc2c1OC(C)=O. The van der Waals surface area contributed by atoms with Crippen molar-refractivity contribution < 1.29 is 37.7 Å². The van der Waals surface area contributed by atoms with Crippen LogP contribution < -0.4 is 23.7 Å². The first-order chi connectivity index (χ1) is 14.9. The lowest BCUT2D eigenvalue weighted by Gasteiger charge is -2.13. The molecule has 31 heavy (non-hydrogen) atoms. The molecule has 0 saturated heterocycles. The number of furan rings is 1. The molecule has 3 aromatic rings. The molecule has 1 aromatic heterocycles. The van der Waals surface area contributed by atoms with Gasteiger partial charge in [-0.05, 0) is 47.1 Å². The molecule has 0 radical (unpaired) electrons. The third kappa shape index (κ3) is 4.18. The van der Waals surface area contributed by atoms with E-state index in [0.717, 1.165) is 0 Å². The average molecular weight is 493 g/mol. The van der Waals surface area contributed by atoms with Gasteiger partial charge in [0.05, 0.1) is 33.5 Å². The monoisotopic (exact) mass is 492 g/mol. The highest BCUT2D eigenvalue weighted by atomic mass is 79.9. The molecule has 0 N–H and O–H groups in total. The second-order valence-electron chi connectivity index (χ2n) is 6.29. The third-order valence-corrected chi connectivity index (χ3v) is 4.99. The molecule has 8 nitrogen and oxygen atoms in total. The molecule has 3 rings (SSSR count). The van der Waals surface area contributed by atoms with Gasteiger partial charge in [-0.25, -0.2) is 0 Å². The standard InChI is InChI=1S/C22H21BrO8/c1-6-29-14-8-7-13-17(22(23)31-19(13)21(14)30-11(2)24)18(25)12-9-15(26-3)20(28-5)16(10-12)27-4/h7-10H,6H2,1-5H3. The van der Waals surface area contributed by atoms with E-state index < -0.39 is 5.97 Å². The molecule has 2 aromatic carbocycles. The van der Waals surface area contributed by atoms with Crippen LogP contribution in [0, 0.1) is 0 Å². The fourth-order valence-corrected chi connectivity index (χ4v) is 3.72. The van der Waals surface area contributed by atoms with Crippen molar-refractivity contribution in [2.24, 2.45) is 0 Å². The van der Waals surface area contributed by atoms with Gasteiger partial charge in [-0.15, -0.1) is 0 Å². The smallest absolute Gasteiger partial charge is 0.308 e. The van der Waals surface area contributed by atoms with Crippen LogP contribution in [0.15, 0.2) is 33.4 Å². The molecule has 0 spiro atoms. The zero-order chi connectivity index (χ0) is 22.7. The number of fused-ring (bicyclic) bond motifs is 1. The number of methoxy groups -OCH3 is 3. The maximum Gasteiger partial charge on any atom is 0.308 e. The summed E-state index contributed by atoms with van der Waals surface area (Å²) < 4.78 is 32.8. The van der Waals surface area contributed by atoms with Crippen molar-refractivity contribution in [3.63, 3.8) is 0 Å². The van der Waals surface area contributed by atoms with Crippen LogP contribution >= 0.6 is 15.9 Å². The van der Waals surface area contributed by atoms with E-state index in [0.29, 0.717) is 40.6 Å². The number of esters is 1. The normalized spacial score (nSPS) is 10.6. The molecule has 164 valence electrons. The summed E-state index contributed by atoms with van der Waals surface area (Å²) in [7, 11) is 4.42. The van der Waals surface area contributed by atoms with E-state index in [1.165, 1.54) is 28.3 Å².